The molecule has 6 nitrogen and oxygen atoms in total. The number of pyridine rings is 1. The number of carbonyl (C=O) groups is 1. The number of hydrogen-bond acceptors (Lipinski definition) is 6. The van der Waals surface area contributed by atoms with E-state index in [4.69, 9.17) is 21.1 Å². The van der Waals surface area contributed by atoms with Gasteiger partial charge >= 0.3 is 0 Å². The van der Waals surface area contributed by atoms with Gasteiger partial charge in [0.05, 0.1) is 28.9 Å². The van der Waals surface area contributed by atoms with Crippen LogP contribution >= 0.6 is 23.4 Å². The van der Waals surface area contributed by atoms with Crippen LogP contribution in [0.2, 0.25) is 5.02 Å². The molecule has 3 atom stereocenters. The number of ether oxygens (including phenoxy) is 2. The Morgan fingerprint density at radius 2 is 2.22 bits per heavy atom. The second-order valence-corrected chi connectivity index (χ2v) is 9.50. The molecule has 2 aliphatic rings. The van der Waals surface area contributed by atoms with Crippen LogP contribution in [0, 0.1) is 5.82 Å². The van der Waals surface area contributed by atoms with Crippen molar-refractivity contribution in [2.45, 2.75) is 50.9 Å². The topological polar surface area (TPSA) is 63.7 Å². The Hall–Kier alpha value is -2.29. The largest absolute Gasteiger partial charge is 0.464 e. The van der Waals surface area contributed by atoms with Gasteiger partial charge in [0.25, 0.3) is 5.91 Å². The molecule has 1 saturated heterocycles. The lowest BCUT2D eigenvalue weighted by Crippen LogP contribution is -2.43. The van der Waals surface area contributed by atoms with E-state index in [1.807, 2.05) is 31.0 Å². The summed E-state index contributed by atoms with van der Waals surface area (Å²) in [6, 6.07) is 7.95. The summed E-state index contributed by atoms with van der Waals surface area (Å²) < 4.78 is 26.1. The Kier molecular flexibility index (Phi) is 7.23. The van der Waals surface area contributed by atoms with E-state index >= 15 is 0 Å². The monoisotopic (exact) mass is 477 g/mol. The maximum Gasteiger partial charge on any atom is 0.257 e. The van der Waals surface area contributed by atoms with Crippen molar-refractivity contribution in [1.82, 2.24) is 15.2 Å². The van der Waals surface area contributed by atoms with Crippen LogP contribution in [0.1, 0.15) is 55.2 Å². The number of aromatic nitrogens is 1. The third-order valence-electron chi connectivity index (χ3n) is 5.36. The highest BCUT2D eigenvalue weighted by molar-refractivity contribution is 8.03. The second kappa shape index (κ2) is 10.1. The molecule has 1 N–H and O–H groups in total. The van der Waals surface area contributed by atoms with Crippen LogP contribution in [0.5, 0.6) is 5.75 Å². The van der Waals surface area contributed by atoms with Crippen LogP contribution in [0.4, 0.5) is 4.39 Å². The SMILES string of the molecule is CC1=CN(C(C)c2ncc(Cl)cc2F)C(NC(=O)c2ccccc2OC2CCCCO2)S1. The Morgan fingerprint density at radius 3 is 2.97 bits per heavy atom. The number of halogens is 2. The first kappa shape index (κ1) is 22.9. The molecule has 0 radical (unpaired) electrons. The fourth-order valence-corrected chi connectivity index (χ4v) is 4.94. The zero-order valence-corrected chi connectivity index (χ0v) is 19.5. The number of amides is 1. The van der Waals surface area contributed by atoms with Gasteiger partial charge < -0.3 is 19.7 Å². The van der Waals surface area contributed by atoms with Crippen molar-refractivity contribution < 1.29 is 18.7 Å². The molecule has 170 valence electrons. The van der Waals surface area contributed by atoms with E-state index in [0.717, 1.165) is 24.2 Å². The summed E-state index contributed by atoms with van der Waals surface area (Å²) in [7, 11) is 0. The van der Waals surface area contributed by atoms with Gasteiger partial charge in [-0.2, -0.15) is 0 Å². The van der Waals surface area contributed by atoms with Crippen molar-refractivity contribution in [2.24, 2.45) is 0 Å². The molecule has 3 heterocycles. The van der Waals surface area contributed by atoms with E-state index in [1.165, 1.54) is 24.0 Å². The summed E-state index contributed by atoms with van der Waals surface area (Å²) in [6.45, 7) is 4.44. The number of thioether (sulfide) groups is 1. The molecule has 1 aromatic heterocycles. The molecule has 1 amide bonds. The van der Waals surface area contributed by atoms with Crippen molar-refractivity contribution in [3.05, 3.63) is 69.7 Å². The van der Waals surface area contributed by atoms with Gasteiger partial charge in [-0.15, -0.1) is 0 Å². The third kappa shape index (κ3) is 5.19. The molecule has 1 aromatic carbocycles. The predicted molar refractivity (Wildman–Crippen MR) is 123 cm³/mol. The van der Waals surface area contributed by atoms with Crippen LogP contribution in [0.3, 0.4) is 0 Å². The standard InChI is InChI=1S/C23H25ClFN3O3S/c1-14-13-28(15(2)21-18(25)11-16(24)12-26-21)23(32-14)27-22(29)17-7-3-4-8-19(17)31-20-9-5-6-10-30-20/h3-4,7-8,11-13,15,20,23H,5-6,9-10H2,1-2H3,(H,27,29). The zero-order valence-electron chi connectivity index (χ0n) is 17.9. The highest BCUT2D eigenvalue weighted by Gasteiger charge is 2.32. The van der Waals surface area contributed by atoms with Gasteiger partial charge in [0.15, 0.2) is 11.8 Å². The van der Waals surface area contributed by atoms with Crippen LogP contribution in [-0.2, 0) is 4.74 Å². The highest BCUT2D eigenvalue weighted by Crippen LogP contribution is 2.37. The van der Waals surface area contributed by atoms with Gasteiger partial charge in [-0.1, -0.05) is 35.5 Å². The van der Waals surface area contributed by atoms with Crippen LogP contribution in [-0.4, -0.2) is 34.2 Å². The maximum atomic E-state index is 14.5. The minimum Gasteiger partial charge on any atom is -0.464 e. The fraction of sp³-hybridized carbons (Fsp3) is 0.391. The van der Waals surface area contributed by atoms with Crippen LogP contribution in [0.25, 0.3) is 0 Å². The van der Waals surface area contributed by atoms with E-state index in [0.29, 0.717) is 17.9 Å². The Bertz CT molecular complexity index is 1020. The molecular formula is C23H25ClFN3O3S. The van der Waals surface area contributed by atoms with Gasteiger partial charge in [0.2, 0.25) is 0 Å². The van der Waals surface area contributed by atoms with E-state index in [1.54, 1.807) is 18.2 Å². The van der Waals surface area contributed by atoms with E-state index in [9.17, 15) is 9.18 Å². The van der Waals surface area contributed by atoms with Crippen LogP contribution in [0.15, 0.2) is 47.6 Å². The summed E-state index contributed by atoms with van der Waals surface area (Å²) in [6.07, 6.45) is 5.81. The summed E-state index contributed by atoms with van der Waals surface area (Å²) >= 11 is 7.33. The molecule has 32 heavy (non-hydrogen) atoms. The van der Waals surface area contributed by atoms with Gasteiger partial charge in [-0.05, 0) is 44.9 Å². The second-order valence-electron chi connectivity index (χ2n) is 7.74. The van der Waals surface area contributed by atoms with E-state index < -0.39 is 17.4 Å². The Labute approximate surface area is 196 Å². The maximum absolute atomic E-state index is 14.5. The van der Waals surface area contributed by atoms with Crippen molar-refractivity contribution >= 4 is 29.3 Å². The first-order valence-corrected chi connectivity index (χ1v) is 11.8. The van der Waals surface area contributed by atoms with Crippen LogP contribution < -0.4 is 10.1 Å². The summed E-state index contributed by atoms with van der Waals surface area (Å²) in [5.41, 5.74) is 0.266. The average Bonchev–Trinajstić information content (AvgIpc) is 3.14. The van der Waals surface area contributed by atoms with Gasteiger partial charge in [0, 0.05) is 23.7 Å². The number of hydrogen-bond donors (Lipinski definition) is 1. The third-order valence-corrected chi connectivity index (χ3v) is 6.63. The number of allylic oxidation sites excluding steroid dienone is 1. The Morgan fingerprint density at radius 1 is 1.41 bits per heavy atom. The summed E-state index contributed by atoms with van der Waals surface area (Å²) in [5, 5.41) is 3.28. The molecule has 0 saturated carbocycles. The highest BCUT2D eigenvalue weighted by atomic mass is 35.5. The number of carbonyl (C=O) groups excluding carboxylic acids is 1. The van der Waals surface area contributed by atoms with Crippen molar-refractivity contribution in [2.75, 3.05) is 6.61 Å². The van der Waals surface area contributed by atoms with Gasteiger partial charge in [-0.3, -0.25) is 9.78 Å². The zero-order chi connectivity index (χ0) is 22.7. The summed E-state index contributed by atoms with van der Waals surface area (Å²) in [4.78, 5) is 20.2. The smallest absolute Gasteiger partial charge is 0.257 e. The first-order chi connectivity index (χ1) is 15.4. The van der Waals surface area contributed by atoms with Crippen molar-refractivity contribution in [3.63, 3.8) is 0 Å². The van der Waals surface area contributed by atoms with Crippen molar-refractivity contribution in [1.29, 1.82) is 0 Å². The molecule has 9 heteroatoms. The van der Waals surface area contributed by atoms with Gasteiger partial charge in [-0.25, -0.2) is 4.39 Å². The number of rotatable bonds is 6. The minimum atomic E-state index is -0.482. The van der Waals surface area contributed by atoms with Gasteiger partial charge in [0.1, 0.15) is 11.6 Å². The summed E-state index contributed by atoms with van der Waals surface area (Å²) in [5.74, 6) is -0.280. The number of benzene rings is 1. The van der Waals surface area contributed by atoms with Crippen molar-refractivity contribution in [3.8, 4) is 5.75 Å². The molecule has 0 spiro atoms. The lowest BCUT2D eigenvalue weighted by molar-refractivity contribution is -0.106. The predicted octanol–water partition coefficient (Wildman–Crippen LogP) is 5.46. The Balaban J connectivity index is 1.50. The molecule has 1 fully saturated rings. The molecule has 0 aliphatic carbocycles. The lowest BCUT2D eigenvalue weighted by Gasteiger charge is -2.31. The first-order valence-electron chi connectivity index (χ1n) is 10.5. The number of nitrogens with one attached hydrogen (secondary N) is 1. The molecule has 0 bridgehead atoms. The number of nitrogens with zero attached hydrogens (tertiary/aromatic N) is 2. The molecule has 2 aliphatic heterocycles. The lowest BCUT2D eigenvalue weighted by atomic mass is 10.1. The van der Waals surface area contributed by atoms with E-state index in [-0.39, 0.29) is 22.9 Å². The molecule has 3 unspecified atom stereocenters. The number of para-hydroxylation sites is 1. The molecular weight excluding hydrogens is 453 g/mol. The van der Waals surface area contributed by atoms with E-state index in [2.05, 4.69) is 10.3 Å². The molecule has 4 rings (SSSR count). The quantitative estimate of drug-likeness (QED) is 0.595. The molecule has 2 aromatic rings. The average molecular weight is 478 g/mol. The fourth-order valence-electron chi connectivity index (χ4n) is 3.73. The normalized spacial score (nSPS) is 21.8. The minimum absolute atomic E-state index is 0.240.